The van der Waals surface area contributed by atoms with Gasteiger partial charge in [0.2, 0.25) is 27.7 Å². The molecular weight excluding hydrogens is 758 g/mol. The summed E-state index contributed by atoms with van der Waals surface area (Å²) in [4.78, 5) is 62.4. The summed E-state index contributed by atoms with van der Waals surface area (Å²) in [5.74, 6) is -1.39. The van der Waals surface area contributed by atoms with E-state index >= 15 is 4.39 Å². The highest BCUT2D eigenvalue weighted by Crippen LogP contribution is 2.57. The number of benzene rings is 1. The van der Waals surface area contributed by atoms with E-state index in [0.717, 1.165) is 19.3 Å². The van der Waals surface area contributed by atoms with Crippen molar-refractivity contribution >= 4 is 44.6 Å². The molecule has 57 heavy (non-hydrogen) atoms. The van der Waals surface area contributed by atoms with Crippen LogP contribution in [-0.2, 0) is 29.1 Å². The molecule has 0 radical (unpaired) electrons. The standard InChI is InChI=1S/C41H52FN5O9S/c1-21-7-5-6-8-24-19-41(24,39(50)46-57(52,53)27-9-10-27)45-36(48)32-18-26(55-37-29-11-12-33(54-4)34(42)28(29)13-14-43-37)20-47(32)38(49)35(22(2)15-21)44-40(51)56-25-16-30-23(3)31(30)17-25/h6,8,11-14,21-27,30-32,35H,5,7,9-10,15-20H2,1-4H3,(H,44,51)(H,45,48)(H,46,50)/b8-6-/t21-,22-,23?,24-,25?,26-,30-,31+,32+,35+,41-/m1/s1. The molecular formula is C41H52FN5O9S. The van der Waals surface area contributed by atoms with Gasteiger partial charge in [0.05, 0.1) is 18.9 Å². The van der Waals surface area contributed by atoms with Crippen LogP contribution in [0, 0.1) is 41.3 Å². The lowest BCUT2D eigenvalue weighted by Crippen LogP contribution is -2.59. The molecule has 4 saturated carbocycles. The molecule has 11 atom stereocenters. The molecule has 1 aromatic carbocycles. The van der Waals surface area contributed by atoms with Gasteiger partial charge in [0, 0.05) is 29.3 Å². The van der Waals surface area contributed by atoms with Crippen molar-refractivity contribution in [3.05, 3.63) is 42.4 Å². The summed E-state index contributed by atoms with van der Waals surface area (Å²) < 4.78 is 60.6. The van der Waals surface area contributed by atoms with Gasteiger partial charge < -0.3 is 29.7 Å². The lowest BCUT2D eigenvalue weighted by Gasteiger charge is -2.33. The van der Waals surface area contributed by atoms with Crippen LogP contribution in [0.25, 0.3) is 10.8 Å². The molecule has 6 aliphatic rings. The minimum atomic E-state index is -3.92. The minimum absolute atomic E-state index is 0.0299. The first-order valence-corrected chi connectivity index (χ1v) is 21.8. The second-order valence-corrected chi connectivity index (χ2v) is 19.3. The number of aromatic nitrogens is 1. The van der Waals surface area contributed by atoms with E-state index in [1.54, 1.807) is 6.07 Å². The number of hydrogen-bond donors (Lipinski definition) is 3. The van der Waals surface area contributed by atoms with Crippen molar-refractivity contribution in [2.45, 2.75) is 114 Å². The Morgan fingerprint density at radius 3 is 2.47 bits per heavy atom. The Morgan fingerprint density at radius 2 is 1.75 bits per heavy atom. The summed E-state index contributed by atoms with van der Waals surface area (Å²) in [6.07, 6.45) is 8.15. The number of nitrogens with one attached hydrogen (secondary N) is 3. The van der Waals surface area contributed by atoms with Crippen LogP contribution in [0.15, 0.2) is 36.5 Å². The van der Waals surface area contributed by atoms with Crippen LogP contribution in [0.5, 0.6) is 11.6 Å². The van der Waals surface area contributed by atoms with E-state index in [9.17, 15) is 27.6 Å². The Kier molecular flexibility index (Phi) is 10.4. The number of carbonyl (C=O) groups excluding carboxylic acids is 4. The van der Waals surface area contributed by atoms with E-state index in [0.29, 0.717) is 48.8 Å². The van der Waals surface area contributed by atoms with Gasteiger partial charge in [-0.2, -0.15) is 0 Å². The monoisotopic (exact) mass is 809 g/mol. The second-order valence-electron chi connectivity index (χ2n) is 17.4. The van der Waals surface area contributed by atoms with Gasteiger partial charge >= 0.3 is 6.09 Å². The SMILES string of the molecule is COc1ccc2c(O[C@@H]3C[C@H]4C(=O)N[C@]5(C(=O)NS(=O)(=O)C6CC6)C[C@H]5/C=C\CC[C@@H](C)C[C@@H](C)[C@H](NC(=O)OC5C[C@@H]6C(C)[C@@H]6C5)C(=O)N4C3)nccc2c1F. The van der Waals surface area contributed by atoms with Gasteiger partial charge in [-0.05, 0) is 99.2 Å². The molecule has 0 bridgehead atoms. The second kappa shape index (κ2) is 15.0. The smallest absolute Gasteiger partial charge is 0.408 e. The molecule has 0 spiro atoms. The highest BCUT2D eigenvalue weighted by atomic mass is 32.2. The van der Waals surface area contributed by atoms with E-state index in [1.165, 1.54) is 30.3 Å². The topological polar surface area (TPSA) is 182 Å². The number of allylic oxidation sites excluding steroid dienone is 1. The summed E-state index contributed by atoms with van der Waals surface area (Å²) in [6, 6.07) is 2.34. The van der Waals surface area contributed by atoms with Crippen molar-refractivity contribution in [2.24, 2.45) is 35.5 Å². The van der Waals surface area contributed by atoms with Gasteiger partial charge in [-0.1, -0.05) is 32.9 Å². The number of ether oxygens (including phenoxy) is 3. The molecule has 3 N–H and O–H groups in total. The zero-order valence-corrected chi connectivity index (χ0v) is 33.6. The molecule has 2 aromatic rings. The number of sulfonamides is 1. The van der Waals surface area contributed by atoms with Crippen LogP contribution in [0.4, 0.5) is 9.18 Å². The molecule has 308 valence electrons. The summed E-state index contributed by atoms with van der Waals surface area (Å²) >= 11 is 0. The van der Waals surface area contributed by atoms with Gasteiger partial charge in [-0.25, -0.2) is 22.6 Å². The van der Waals surface area contributed by atoms with Crippen molar-refractivity contribution in [2.75, 3.05) is 13.7 Å². The van der Waals surface area contributed by atoms with Crippen molar-refractivity contribution in [1.29, 1.82) is 0 Å². The quantitative estimate of drug-likeness (QED) is 0.324. The number of nitrogens with zero attached hydrogens (tertiary/aromatic N) is 2. The maximum atomic E-state index is 15.3. The fourth-order valence-electron chi connectivity index (χ4n) is 9.61. The zero-order valence-electron chi connectivity index (χ0n) is 32.7. The third kappa shape index (κ3) is 7.77. The van der Waals surface area contributed by atoms with Crippen LogP contribution >= 0.6 is 0 Å². The molecule has 2 aliphatic heterocycles. The van der Waals surface area contributed by atoms with Gasteiger partial charge in [0.15, 0.2) is 11.6 Å². The predicted octanol–water partition coefficient (Wildman–Crippen LogP) is 4.37. The lowest BCUT2D eigenvalue weighted by atomic mass is 9.88. The Balaban J connectivity index is 1.10. The summed E-state index contributed by atoms with van der Waals surface area (Å²) in [7, 11) is -2.56. The average molecular weight is 810 g/mol. The predicted molar refractivity (Wildman–Crippen MR) is 206 cm³/mol. The van der Waals surface area contributed by atoms with E-state index in [4.69, 9.17) is 14.2 Å². The average Bonchev–Trinajstić information content (AvgIpc) is 4.13. The number of hydrogen-bond acceptors (Lipinski definition) is 10. The summed E-state index contributed by atoms with van der Waals surface area (Å²) in [6.45, 7) is 6.09. The van der Waals surface area contributed by atoms with Crippen molar-refractivity contribution < 1.29 is 46.2 Å². The number of fused-ring (bicyclic) bond motifs is 4. The third-order valence-corrected chi connectivity index (χ3v) is 15.1. The van der Waals surface area contributed by atoms with Gasteiger partial charge in [0.1, 0.15) is 29.8 Å². The third-order valence-electron chi connectivity index (χ3n) is 13.3. The Labute approximate surface area is 332 Å². The molecule has 1 saturated heterocycles. The number of pyridine rings is 1. The van der Waals surface area contributed by atoms with E-state index < -0.39 is 74.5 Å². The van der Waals surface area contributed by atoms with Gasteiger partial charge in [0.25, 0.3) is 5.91 Å². The van der Waals surface area contributed by atoms with Crippen LogP contribution in [0.1, 0.15) is 78.6 Å². The van der Waals surface area contributed by atoms with Crippen molar-refractivity contribution in [3.8, 4) is 11.6 Å². The van der Waals surface area contributed by atoms with Gasteiger partial charge in [-0.15, -0.1) is 0 Å². The van der Waals surface area contributed by atoms with E-state index in [2.05, 4.69) is 34.2 Å². The minimum Gasteiger partial charge on any atom is -0.494 e. The molecule has 5 fully saturated rings. The molecule has 14 nitrogen and oxygen atoms in total. The molecule has 4 amide bonds. The lowest BCUT2D eigenvalue weighted by molar-refractivity contribution is -0.142. The zero-order chi connectivity index (χ0) is 40.4. The number of methoxy groups -OCH3 is 1. The van der Waals surface area contributed by atoms with Crippen LogP contribution in [0.3, 0.4) is 0 Å². The molecule has 16 heteroatoms. The Hall–Kier alpha value is -4.47. The summed E-state index contributed by atoms with van der Waals surface area (Å²) in [5, 5.41) is 5.68. The maximum absolute atomic E-state index is 15.3. The first-order valence-electron chi connectivity index (χ1n) is 20.3. The maximum Gasteiger partial charge on any atom is 0.408 e. The Morgan fingerprint density at radius 1 is 1.00 bits per heavy atom. The van der Waals surface area contributed by atoms with Crippen molar-refractivity contribution in [1.82, 2.24) is 25.2 Å². The van der Waals surface area contributed by atoms with Gasteiger partial charge in [-0.3, -0.25) is 19.1 Å². The highest BCUT2D eigenvalue weighted by molar-refractivity contribution is 7.91. The molecule has 1 aromatic heterocycles. The van der Waals surface area contributed by atoms with E-state index in [-0.39, 0.29) is 54.3 Å². The highest BCUT2D eigenvalue weighted by Gasteiger charge is 2.62. The van der Waals surface area contributed by atoms with Crippen molar-refractivity contribution in [3.63, 3.8) is 0 Å². The number of amides is 4. The van der Waals surface area contributed by atoms with E-state index in [1.807, 2.05) is 19.1 Å². The first-order chi connectivity index (χ1) is 27.2. The normalized spacial score (nSPS) is 35.7. The molecule has 4 aliphatic carbocycles. The fourth-order valence-corrected chi connectivity index (χ4v) is 11.0. The number of halogens is 1. The summed E-state index contributed by atoms with van der Waals surface area (Å²) in [5.41, 5.74) is -1.54. The number of alkyl carbamates (subject to hydrolysis) is 1. The number of carbonyl (C=O) groups is 4. The largest absolute Gasteiger partial charge is 0.494 e. The van der Waals surface area contributed by atoms with Crippen LogP contribution < -0.4 is 24.8 Å². The Bertz CT molecular complexity index is 2080. The number of rotatable bonds is 8. The molecule has 3 heterocycles. The van der Waals surface area contributed by atoms with Crippen LogP contribution in [-0.4, -0.2) is 90.9 Å². The van der Waals surface area contributed by atoms with Crippen LogP contribution in [0.2, 0.25) is 0 Å². The molecule has 2 unspecified atom stereocenters. The molecule has 8 rings (SSSR count). The fraction of sp³-hybridized carbons (Fsp3) is 0.634. The first kappa shape index (κ1) is 39.4.